The number of hydrogen-bond acceptors (Lipinski definition) is 5. The molecule has 0 unspecified atom stereocenters. The van der Waals surface area contributed by atoms with Crippen LogP contribution in [0.5, 0.6) is 0 Å². The lowest BCUT2D eigenvalue weighted by Gasteiger charge is -2.37. The fourth-order valence-corrected chi connectivity index (χ4v) is 3.27. The summed E-state index contributed by atoms with van der Waals surface area (Å²) in [5.41, 5.74) is 2.50. The van der Waals surface area contributed by atoms with Crippen molar-refractivity contribution in [2.45, 2.75) is 6.42 Å². The Morgan fingerprint density at radius 2 is 1.64 bits per heavy atom. The second-order valence-corrected chi connectivity index (χ2v) is 7.26. The summed E-state index contributed by atoms with van der Waals surface area (Å²) in [6.07, 6.45) is 2.68. The lowest BCUT2D eigenvalue weighted by atomic mass is 10.2. The SMILES string of the molecule is CN(C)CCCNC(=O)c1ccc(N2CCN(c3ccc(F)cc3)CC2)cn1. The van der Waals surface area contributed by atoms with Crippen molar-refractivity contribution in [1.29, 1.82) is 0 Å². The van der Waals surface area contributed by atoms with Crippen LogP contribution in [-0.2, 0) is 0 Å². The van der Waals surface area contributed by atoms with Gasteiger partial charge in [-0.1, -0.05) is 0 Å². The van der Waals surface area contributed by atoms with Crippen LogP contribution in [0.2, 0.25) is 0 Å². The van der Waals surface area contributed by atoms with Gasteiger partial charge in [0.15, 0.2) is 0 Å². The molecule has 3 rings (SSSR count). The van der Waals surface area contributed by atoms with E-state index in [1.165, 1.54) is 12.1 Å². The molecule has 2 aromatic rings. The first-order valence-electron chi connectivity index (χ1n) is 9.67. The highest BCUT2D eigenvalue weighted by atomic mass is 19.1. The standard InChI is InChI=1S/C21H28FN5O/c1-25(2)11-3-10-23-21(28)20-9-8-19(16-24-20)27-14-12-26(13-15-27)18-6-4-17(22)5-7-18/h4-9,16H,3,10-15H2,1-2H3,(H,23,28). The molecular formula is C21H28FN5O. The monoisotopic (exact) mass is 385 g/mol. The number of anilines is 2. The third kappa shape index (κ3) is 5.42. The number of rotatable bonds is 7. The molecule has 1 fully saturated rings. The van der Waals surface area contributed by atoms with E-state index < -0.39 is 0 Å². The van der Waals surface area contributed by atoms with Gasteiger partial charge in [-0.05, 0) is 63.5 Å². The molecule has 1 aromatic carbocycles. The zero-order valence-corrected chi connectivity index (χ0v) is 16.6. The van der Waals surface area contributed by atoms with Gasteiger partial charge in [-0.3, -0.25) is 4.79 Å². The molecule has 0 aliphatic carbocycles. The van der Waals surface area contributed by atoms with Crippen LogP contribution in [0, 0.1) is 5.82 Å². The average Bonchev–Trinajstić information content (AvgIpc) is 2.72. The number of piperazine rings is 1. The second-order valence-electron chi connectivity index (χ2n) is 7.26. The summed E-state index contributed by atoms with van der Waals surface area (Å²) >= 11 is 0. The molecule has 1 aliphatic rings. The van der Waals surface area contributed by atoms with E-state index >= 15 is 0 Å². The molecule has 0 spiro atoms. The number of hydrogen-bond donors (Lipinski definition) is 1. The highest BCUT2D eigenvalue weighted by Gasteiger charge is 2.18. The van der Waals surface area contributed by atoms with Gasteiger partial charge < -0.3 is 20.0 Å². The number of benzene rings is 1. The molecule has 1 amide bonds. The largest absolute Gasteiger partial charge is 0.368 e. The third-order valence-corrected chi connectivity index (χ3v) is 4.88. The van der Waals surface area contributed by atoms with Crippen LogP contribution in [0.15, 0.2) is 42.6 Å². The number of carbonyl (C=O) groups excluding carboxylic acids is 1. The van der Waals surface area contributed by atoms with Crippen molar-refractivity contribution < 1.29 is 9.18 Å². The van der Waals surface area contributed by atoms with Gasteiger partial charge in [0, 0.05) is 38.4 Å². The zero-order valence-electron chi connectivity index (χ0n) is 16.6. The fourth-order valence-electron chi connectivity index (χ4n) is 3.27. The van der Waals surface area contributed by atoms with E-state index in [0.717, 1.165) is 50.5 Å². The van der Waals surface area contributed by atoms with Gasteiger partial charge in [-0.2, -0.15) is 0 Å². The predicted molar refractivity (Wildman–Crippen MR) is 111 cm³/mol. The van der Waals surface area contributed by atoms with Crippen molar-refractivity contribution in [3.05, 3.63) is 54.1 Å². The first-order valence-corrected chi connectivity index (χ1v) is 9.67. The molecule has 1 N–H and O–H groups in total. The molecular weight excluding hydrogens is 357 g/mol. The molecule has 0 radical (unpaired) electrons. The summed E-state index contributed by atoms with van der Waals surface area (Å²) in [6, 6.07) is 10.4. The van der Waals surface area contributed by atoms with Crippen LogP contribution in [0.25, 0.3) is 0 Å². The Bertz CT molecular complexity index is 755. The van der Waals surface area contributed by atoms with E-state index in [1.807, 2.05) is 32.3 Å². The van der Waals surface area contributed by atoms with E-state index in [4.69, 9.17) is 0 Å². The van der Waals surface area contributed by atoms with Gasteiger partial charge in [0.05, 0.1) is 11.9 Å². The van der Waals surface area contributed by atoms with Crippen LogP contribution >= 0.6 is 0 Å². The molecule has 0 bridgehead atoms. The zero-order chi connectivity index (χ0) is 19.9. The lowest BCUT2D eigenvalue weighted by molar-refractivity contribution is 0.0947. The van der Waals surface area contributed by atoms with E-state index in [1.54, 1.807) is 12.3 Å². The van der Waals surface area contributed by atoms with Crippen molar-refractivity contribution in [1.82, 2.24) is 15.2 Å². The molecule has 1 aromatic heterocycles. The molecule has 7 heteroatoms. The van der Waals surface area contributed by atoms with Crippen molar-refractivity contribution in [3.8, 4) is 0 Å². The Kier molecular flexibility index (Phi) is 6.81. The number of aromatic nitrogens is 1. The number of pyridine rings is 1. The molecule has 1 saturated heterocycles. The minimum absolute atomic E-state index is 0.133. The molecule has 0 saturated carbocycles. The van der Waals surface area contributed by atoms with Crippen LogP contribution in [0.4, 0.5) is 15.8 Å². The van der Waals surface area contributed by atoms with Crippen LogP contribution < -0.4 is 15.1 Å². The van der Waals surface area contributed by atoms with Crippen LogP contribution in [-0.4, -0.2) is 69.2 Å². The van der Waals surface area contributed by atoms with E-state index in [0.29, 0.717) is 12.2 Å². The fraction of sp³-hybridized carbons (Fsp3) is 0.429. The van der Waals surface area contributed by atoms with E-state index in [2.05, 4.69) is 25.0 Å². The minimum Gasteiger partial charge on any atom is -0.368 e. The van der Waals surface area contributed by atoms with Crippen molar-refractivity contribution in [2.24, 2.45) is 0 Å². The third-order valence-electron chi connectivity index (χ3n) is 4.88. The maximum atomic E-state index is 13.1. The first kappa shape index (κ1) is 20.1. The van der Waals surface area contributed by atoms with E-state index in [-0.39, 0.29) is 11.7 Å². The maximum Gasteiger partial charge on any atom is 0.269 e. The van der Waals surface area contributed by atoms with Crippen LogP contribution in [0.3, 0.4) is 0 Å². The molecule has 150 valence electrons. The van der Waals surface area contributed by atoms with Crippen molar-refractivity contribution in [2.75, 3.05) is 63.2 Å². The molecule has 0 atom stereocenters. The number of carbonyl (C=O) groups is 1. The summed E-state index contributed by atoms with van der Waals surface area (Å²) in [5.74, 6) is -0.346. The summed E-state index contributed by atoms with van der Waals surface area (Å²) in [7, 11) is 4.03. The number of amides is 1. The molecule has 28 heavy (non-hydrogen) atoms. The van der Waals surface area contributed by atoms with Gasteiger partial charge in [0.2, 0.25) is 0 Å². The number of halogens is 1. The van der Waals surface area contributed by atoms with Gasteiger partial charge in [-0.15, -0.1) is 0 Å². The smallest absolute Gasteiger partial charge is 0.269 e. The highest BCUT2D eigenvalue weighted by molar-refractivity contribution is 5.92. The predicted octanol–water partition coefficient (Wildman–Crippen LogP) is 2.23. The lowest BCUT2D eigenvalue weighted by Crippen LogP contribution is -2.46. The Balaban J connectivity index is 1.49. The number of nitrogens with one attached hydrogen (secondary N) is 1. The number of nitrogens with zero attached hydrogens (tertiary/aromatic N) is 4. The minimum atomic E-state index is -0.213. The normalized spacial score (nSPS) is 14.4. The molecule has 2 heterocycles. The quantitative estimate of drug-likeness (QED) is 0.741. The summed E-state index contributed by atoms with van der Waals surface area (Å²) in [6.45, 7) is 5.02. The topological polar surface area (TPSA) is 51.7 Å². The van der Waals surface area contributed by atoms with Gasteiger partial charge in [-0.25, -0.2) is 9.37 Å². The molecule has 6 nitrogen and oxygen atoms in total. The summed E-state index contributed by atoms with van der Waals surface area (Å²) in [4.78, 5) is 23.1. The van der Waals surface area contributed by atoms with E-state index in [9.17, 15) is 9.18 Å². The Hall–Kier alpha value is -2.67. The van der Waals surface area contributed by atoms with Crippen molar-refractivity contribution >= 4 is 17.3 Å². The van der Waals surface area contributed by atoms with Gasteiger partial charge >= 0.3 is 0 Å². The summed E-state index contributed by atoms with van der Waals surface area (Å²) in [5, 5.41) is 2.91. The Morgan fingerprint density at radius 3 is 2.21 bits per heavy atom. The first-order chi connectivity index (χ1) is 13.5. The maximum absolute atomic E-state index is 13.1. The van der Waals surface area contributed by atoms with Crippen LogP contribution in [0.1, 0.15) is 16.9 Å². The average molecular weight is 385 g/mol. The van der Waals surface area contributed by atoms with Crippen molar-refractivity contribution in [3.63, 3.8) is 0 Å². The summed E-state index contributed by atoms with van der Waals surface area (Å²) < 4.78 is 13.1. The molecule has 1 aliphatic heterocycles. The Labute approximate surface area is 166 Å². The Morgan fingerprint density at radius 1 is 1.04 bits per heavy atom. The van der Waals surface area contributed by atoms with Gasteiger partial charge in [0.1, 0.15) is 11.5 Å². The van der Waals surface area contributed by atoms with Gasteiger partial charge in [0.25, 0.3) is 5.91 Å². The highest BCUT2D eigenvalue weighted by Crippen LogP contribution is 2.20. The second kappa shape index (κ2) is 9.50.